The van der Waals surface area contributed by atoms with Crippen molar-refractivity contribution >= 4 is 0 Å². The van der Waals surface area contributed by atoms with Crippen LogP contribution in [0.4, 0.5) is 0 Å². The number of rotatable bonds is 3. The first kappa shape index (κ1) is 12.5. The summed E-state index contributed by atoms with van der Waals surface area (Å²) >= 11 is 0. The highest BCUT2D eigenvalue weighted by atomic mass is 16.5. The highest BCUT2D eigenvalue weighted by Crippen LogP contribution is 2.21. The van der Waals surface area contributed by atoms with E-state index >= 15 is 0 Å². The molecule has 0 radical (unpaired) electrons. The Morgan fingerprint density at radius 3 is 2.41 bits per heavy atom. The Labute approximate surface area is 104 Å². The molecule has 1 aromatic rings. The predicted molar refractivity (Wildman–Crippen MR) is 69.1 cm³/mol. The lowest BCUT2D eigenvalue weighted by Crippen LogP contribution is -2.38. The maximum Gasteiger partial charge on any atom is 0.0594 e. The molecule has 0 bridgehead atoms. The predicted octanol–water partition coefficient (Wildman–Crippen LogP) is 2.60. The minimum atomic E-state index is 0.438. The second-order valence-corrected chi connectivity index (χ2v) is 5.00. The molecule has 3 nitrogen and oxygen atoms in total. The maximum absolute atomic E-state index is 5.38. The van der Waals surface area contributed by atoms with Crippen LogP contribution in [-0.4, -0.2) is 36.2 Å². The van der Waals surface area contributed by atoms with Gasteiger partial charge in [0.05, 0.1) is 13.2 Å². The van der Waals surface area contributed by atoms with Crippen molar-refractivity contribution in [2.45, 2.75) is 32.7 Å². The Morgan fingerprint density at radius 1 is 1.18 bits per heavy atom. The van der Waals surface area contributed by atoms with Crippen molar-refractivity contribution in [2.75, 3.05) is 26.3 Å². The fraction of sp³-hybridized carbons (Fsp3) is 0.643. The van der Waals surface area contributed by atoms with Gasteiger partial charge in [0.2, 0.25) is 0 Å². The van der Waals surface area contributed by atoms with Gasteiger partial charge in [0.25, 0.3) is 0 Å². The molecule has 1 fully saturated rings. The van der Waals surface area contributed by atoms with E-state index in [0.717, 1.165) is 26.3 Å². The van der Waals surface area contributed by atoms with Crippen molar-refractivity contribution in [3.8, 4) is 0 Å². The number of nitrogens with zero attached hydrogens (tertiary/aromatic N) is 2. The summed E-state index contributed by atoms with van der Waals surface area (Å²) in [6.45, 7) is 10.3. The molecule has 0 unspecified atom stereocenters. The van der Waals surface area contributed by atoms with Gasteiger partial charge in [-0.2, -0.15) is 0 Å². The molecule has 1 saturated heterocycles. The molecule has 1 aliphatic heterocycles. The molecular weight excluding hydrogens is 212 g/mol. The largest absolute Gasteiger partial charge is 0.379 e. The molecule has 0 spiro atoms. The van der Waals surface area contributed by atoms with Crippen LogP contribution in [0.3, 0.4) is 0 Å². The average molecular weight is 234 g/mol. The molecule has 0 aliphatic carbocycles. The molecule has 1 atom stereocenters. The molecule has 94 valence electrons. The SMILES string of the molecule is CC(C)c1ccc([C@@H](C)N2CCOCC2)cn1. The lowest BCUT2D eigenvalue weighted by Gasteiger charge is -2.32. The van der Waals surface area contributed by atoms with Crippen LogP contribution < -0.4 is 0 Å². The van der Waals surface area contributed by atoms with Gasteiger partial charge < -0.3 is 4.74 Å². The smallest absolute Gasteiger partial charge is 0.0594 e. The molecule has 0 N–H and O–H groups in total. The van der Waals surface area contributed by atoms with Gasteiger partial charge in [-0.05, 0) is 24.5 Å². The number of hydrogen-bond donors (Lipinski definition) is 0. The van der Waals surface area contributed by atoms with E-state index in [2.05, 4.69) is 42.8 Å². The Balaban J connectivity index is 2.05. The number of morpholine rings is 1. The van der Waals surface area contributed by atoms with Crippen LogP contribution >= 0.6 is 0 Å². The van der Waals surface area contributed by atoms with Crippen molar-refractivity contribution in [3.63, 3.8) is 0 Å². The third kappa shape index (κ3) is 3.05. The molecule has 2 rings (SSSR count). The van der Waals surface area contributed by atoms with Crippen molar-refractivity contribution in [1.29, 1.82) is 0 Å². The standard InChI is InChI=1S/C14H22N2O/c1-11(2)14-5-4-13(10-15-14)12(3)16-6-8-17-9-7-16/h4-5,10-12H,6-9H2,1-3H3/t12-/m1/s1. The van der Waals surface area contributed by atoms with E-state index in [4.69, 9.17) is 4.74 Å². The van der Waals surface area contributed by atoms with Crippen LogP contribution in [0.5, 0.6) is 0 Å². The maximum atomic E-state index is 5.38. The lowest BCUT2D eigenvalue weighted by atomic mass is 10.1. The van der Waals surface area contributed by atoms with E-state index in [1.165, 1.54) is 11.3 Å². The second-order valence-electron chi connectivity index (χ2n) is 5.00. The van der Waals surface area contributed by atoms with E-state index in [9.17, 15) is 0 Å². The van der Waals surface area contributed by atoms with Gasteiger partial charge in [-0.15, -0.1) is 0 Å². The summed E-state index contributed by atoms with van der Waals surface area (Å²) in [5, 5.41) is 0. The third-order valence-electron chi connectivity index (χ3n) is 3.48. The molecule has 0 amide bonds. The highest BCUT2D eigenvalue weighted by Gasteiger charge is 2.18. The van der Waals surface area contributed by atoms with E-state index in [1.54, 1.807) is 0 Å². The van der Waals surface area contributed by atoms with Crippen LogP contribution in [0.1, 0.15) is 44.0 Å². The summed E-state index contributed by atoms with van der Waals surface area (Å²) in [6.07, 6.45) is 2.02. The lowest BCUT2D eigenvalue weighted by molar-refractivity contribution is 0.0198. The second kappa shape index (κ2) is 5.61. The minimum absolute atomic E-state index is 0.438. The third-order valence-corrected chi connectivity index (χ3v) is 3.48. The van der Waals surface area contributed by atoms with Crippen LogP contribution in [0, 0.1) is 0 Å². The number of ether oxygens (including phenoxy) is 1. The Hall–Kier alpha value is -0.930. The van der Waals surface area contributed by atoms with Crippen molar-refractivity contribution in [1.82, 2.24) is 9.88 Å². The Bertz CT molecular complexity index is 342. The zero-order valence-electron chi connectivity index (χ0n) is 11.0. The fourth-order valence-corrected chi connectivity index (χ4v) is 2.18. The van der Waals surface area contributed by atoms with Gasteiger partial charge in [0, 0.05) is 31.0 Å². The summed E-state index contributed by atoms with van der Waals surface area (Å²) < 4.78 is 5.38. The summed E-state index contributed by atoms with van der Waals surface area (Å²) in [6, 6.07) is 4.80. The van der Waals surface area contributed by atoms with Crippen LogP contribution in [0.15, 0.2) is 18.3 Å². The summed E-state index contributed by atoms with van der Waals surface area (Å²) in [5.74, 6) is 0.503. The molecule has 2 heterocycles. The first-order chi connectivity index (χ1) is 8.18. The average Bonchev–Trinajstić information content (AvgIpc) is 2.39. The summed E-state index contributed by atoms with van der Waals surface area (Å²) in [5.41, 5.74) is 2.47. The highest BCUT2D eigenvalue weighted by molar-refractivity contribution is 5.19. The normalized spacial score (nSPS) is 19.5. The van der Waals surface area contributed by atoms with E-state index in [0.29, 0.717) is 12.0 Å². The van der Waals surface area contributed by atoms with Gasteiger partial charge in [-0.25, -0.2) is 0 Å². The summed E-state index contributed by atoms with van der Waals surface area (Å²) in [7, 11) is 0. The first-order valence-corrected chi connectivity index (χ1v) is 6.46. The molecule has 3 heteroatoms. The van der Waals surface area contributed by atoms with Crippen LogP contribution in [0.25, 0.3) is 0 Å². The Kier molecular flexibility index (Phi) is 4.13. The van der Waals surface area contributed by atoms with Crippen molar-refractivity contribution in [2.24, 2.45) is 0 Å². The number of hydrogen-bond acceptors (Lipinski definition) is 3. The minimum Gasteiger partial charge on any atom is -0.379 e. The monoisotopic (exact) mass is 234 g/mol. The molecule has 0 saturated carbocycles. The molecular formula is C14H22N2O. The zero-order valence-corrected chi connectivity index (χ0v) is 11.0. The van der Waals surface area contributed by atoms with Crippen LogP contribution in [0.2, 0.25) is 0 Å². The van der Waals surface area contributed by atoms with Gasteiger partial charge in [0.15, 0.2) is 0 Å². The fourth-order valence-electron chi connectivity index (χ4n) is 2.18. The molecule has 17 heavy (non-hydrogen) atoms. The molecule has 1 aliphatic rings. The number of aromatic nitrogens is 1. The topological polar surface area (TPSA) is 25.4 Å². The van der Waals surface area contributed by atoms with E-state index in [1.807, 2.05) is 6.20 Å². The van der Waals surface area contributed by atoms with Crippen molar-refractivity contribution in [3.05, 3.63) is 29.6 Å². The van der Waals surface area contributed by atoms with Crippen molar-refractivity contribution < 1.29 is 4.74 Å². The van der Waals surface area contributed by atoms with Gasteiger partial charge >= 0.3 is 0 Å². The van der Waals surface area contributed by atoms with E-state index in [-0.39, 0.29) is 0 Å². The van der Waals surface area contributed by atoms with E-state index < -0.39 is 0 Å². The zero-order chi connectivity index (χ0) is 12.3. The Morgan fingerprint density at radius 2 is 1.88 bits per heavy atom. The first-order valence-electron chi connectivity index (χ1n) is 6.46. The van der Waals surface area contributed by atoms with Gasteiger partial charge in [-0.1, -0.05) is 19.9 Å². The quantitative estimate of drug-likeness (QED) is 0.804. The molecule has 0 aromatic carbocycles. The molecule has 1 aromatic heterocycles. The number of pyridine rings is 1. The van der Waals surface area contributed by atoms with Gasteiger partial charge in [-0.3, -0.25) is 9.88 Å². The van der Waals surface area contributed by atoms with Gasteiger partial charge in [0.1, 0.15) is 0 Å². The summed E-state index contributed by atoms with van der Waals surface area (Å²) in [4.78, 5) is 6.99. The van der Waals surface area contributed by atoms with Crippen LogP contribution in [-0.2, 0) is 4.74 Å².